The van der Waals surface area contributed by atoms with Crippen molar-refractivity contribution in [2.24, 2.45) is 23.7 Å². The van der Waals surface area contributed by atoms with E-state index in [9.17, 15) is 29.1 Å². The van der Waals surface area contributed by atoms with Gasteiger partial charge in [0.05, 0.1) is 18.6 Å². The predicted molar refractivity (Wildman–Crippen MR) is 154 cm³/mol. The number of hydrogen-bond acceptors (Lipinski definition) is 7. The van der Waals surface area contributed by atoms with Crippen molar-refractivity contribution in [3.63, 3.8) is 0 Å². The highest BCUT2D eigenvalue weighted by molar-refractivity contribution is 5.96. The third-order valence-corrected chi connectivity index (χ3v) is 6.66. The maximum Gasteiger partial charge on any atom is 0.408 e. The van der Waals surface area contributed by atoms with Gasteiger partial charge in [0.2, 0.25) is 23.6 Å². The minimum Gasteiger partial charge on any atom is -0.444 e. The quantitative estimate of drug-likeness (QED) is 0.202. The third-order valence-electron chi connectivity index (χ3n) is 6.66. The lowest BCUT2D eigenvalue weighted by Gasteiger charge is -2.32. The molecule has 0 saturated carbocycles. The van der Waals surface area contributed by atoms with E-state index in [-0.39, 0.29) is 24.2 Å². The second-order valence-electron chi connectivity index (χ2n) is 12.5. The van der Waals surface area contributed by atoms with Crippen molar-refractivity contribution in [3.05, 3.63) is 0 Å². The summed E-state index contributed by atoms with van der Waals surface area (Å²) in [4.78, 5) is 63.5. The second kappa shape index (κ2) is 17.2. The highest BCUT2D eigenvalue weighted by atomic mass is 16.6. The van der Waals surface area contributed by atoms with Crippen LogP contribution in [0.3, 0.4) is 0 Å². The Morgan fingerprint density at radius 2 is 1.23 bits per heavy atom. The Hall–Kier alpha value is -2.69. The summed E-state index contributed by atoms with van der Waals surface area (Å²) in [5, 5.41) is 21.4. The molecule has 0 bridgehead atoms. The van der Waals surface area contributed by atoms with E-state index >= 15 is 0 Å². The van der Waals surface area contributed by atoms with Crippen LogP contribution in [0.5, 0.6) is 0 Å². The number of hydrogen-bond donors (Lipinski definition) is 5. The molecule has 5 amide bonds. The zero-order chi connectivity index (χ0) is 31.4. The van der Waals surface area contributed by atoms with Crippen LogP contribution in [0.15, 0.2) is 0 Å². The van der Waals surface area contributed by atoms with E-state index < -0.39 is 65.5 Å². The molecule has 0 unspecified atom stereocenters. The Labute approximate surface area is 240 Å². The number of rotatable bonds is 15. The van der Waals surface area contributed by atoms with Gasteiger partial charge in [0.1, 0.15) is 17.7 Å². The number of ether oxygens (including phenoxy) is 1. The number of aliphatic hydroxyl groups is 1. The standard InChI is InChI=1S/C29H54N4O7/c1-12-18(7)23(32-27(38)24(19(8)13-2)33-28(39)40-29(9,10)11)26(37)30-20(14-16(3)4)21(34)15-22(35)31-25(36)17(5)6/h16-21,23-24,34H,12-15H2,1-11H3,(H,30,37)(H,32,38)(H,33,39)(H,31,35,36)/t18-,19-,20-,21-,23-,24-/m0/s1. The third kappa shape index (κ3) is 14.1. The molecule has 6 atom stereocenters. The van der Waals surface area contributed by atoms with E-state index in [4.69, 9.17) is 4.74 Å². The minimum atomic E-state index is -1.25. The molecule has 0 aliphatic carbocycles. The van der Waals surface area contributed by atoms with Crippen LogP contribution in [0, 0.1) is 23.7 Å². The molecule has 0 aliphatic rings. The van der Waals surface area contributed by atoms with Crippen LogP contribution in [-0.4, -0.2) is 64.7 Å². The summed E-state index contributed by atoms with van der Waals surface area (Å²) in [5.41, 5.74) is -0.745. The predicted octanol–water partition coefficient (Wildman–Crippen LogP) is 3.04. The van der Waals surface area contributed by atoms with Gasteiger partial charge in [0, 0.05) is 5.92 Å². The highest BCUT2D eigenvalue weighted by Crippen LogP contribution is 2.16. The van der Waals surface area contributed by atoms with Gasteiger partial charge in [-0.3, -0.25) is 24.5 Å². The number of aliphatic hydroxyl groups excluding tert-OH is 1. The van der Waals surface area contributed by atoms with E-state index in [1.54, 1.807) is 34.6 Å². The van der Waals surface area contributed by atoms with Gasteiger partial charge in [-0.2, -0.15) is 0 Å². The Kier molecular flexibility index (Phi) is 16.0. The average molecular weight is 571 g/mol. The molecule has 0 saturated heterocycles. The van der Waals surface area contributed by atoms with E-state index in [1.807, 2.05) is 41.5 Å². The molecule has 0 radical (unpaired) electrons. The van der Waals surface area contributed by atoms with Crippen LogP contribution in [0.4, 0.5) is 4.79 Å². The molecule has 5 N–H and O–H groups in total. The smallest absolute Gasteiger partial charge is 0.408 e. The lowest BCUT2D eigenvalue weighted by Crippen LogP contribution is -2.59. The molecule has 0 aromatic heterocycles. The minimum absolute atomic E-state index is 0.0739. The van der Waals surface area contributed by atoms with Crippen molar-refractivity contribution in [2.45, 2.75) is 132 Å². The largest absolute Gasteiger partial charge is 0.444 e. The Morgan fingerprint density at radius 1 is 0.750 bits per heavy atom. The summed E-state index contributed by atoms with van der Waals surface area (Å²) in [7, 11) is 0. The van der Waals surface area contributed by atoms with Gasteiger partial charge in [-0.25, -0.2) is 4.79 Å². The molecule has 40 heavy (non-hydrogen) atoms. The van der Waals surface area contributed by atoms with E-state index in [1.165, 1.54) is 0 Å². The average Bonchev–Trinajstić information content (AvgIpc) is 2.82. The summed E-state index contributed by atoms with van der Waals surface area (Å²) in [6.45, 7) is 19.7. The zero-order valence-electron chi connectivity index (χ0n) is 26.3. The fourth-order valence-corrected chi connectivity index (χ4v) is 3.84. The van der Waals surface area contributed by atoms with Gasteiger partial charge in [-0.05, 0) is 44.9 Å². The van der Waals surface area contributed by atoms with Crippen LogP contribution < -0.4 is 21.3 Å². The van der Waals surface area contributed by atoms with Gasteiger partial charge < -0.3 is 25.8 Å². The second-order valence-corrected chi connectivity index (χ2v) is 12.5. The maximum atomic E-state index is 13.5. The Bertz CT molecular complexity index is 854. The van der Waals surface area contributed by atoms with Crippen LogP contribution in [0.1, 0.15) is 102 Å². The molecule has 0 aliphatic heterocycles. The molecular formula is C29H54N4O7. The molecule has 0 aromatic carbocycles. The first-order valence-electron chi connectivity index (χ1n) is 14.4. The van der Waals surface area contributed by atoms with Crippen LogP contribution in [0.25, 0.3) is 0 Å². The molecule has 232 valence electrons. The monoisotopic (exact) mass is 570 g/mol. The van der Waals surface area contributed by atoms with Crippen LogP contribution in [-0.2, 0) is 23.9 Å². The van der Waals surface area contributed by atoms with Gasteiger partial charge in [-0.1, -0.05) is 68.2 Å². The Balaban J connectivity index is 5.79. The molecule has 0 fully saturated rings. The number of carbonyl (C=O) groups excluding carboxylic acids is 5. The fraction of sp³-hybridized carbons (Fsp3) is 0.828. The van der Waals surface area contributed by atoms with E-state index in [0.29, 0.717) is 19.3 Å². The number of imide groups is 1. The van der Waals surface area contributed by atoms with Crippen molar-refractivity contribution in [1.29, 1.82) is 0 Å². The van der Waals surface area contributed by atoms with Crippen LogP contribution >= 0.6 is 0 Å². The zero-order valence-corrected chi connectivity index (χ0v) is 26.3. The summed E-state index contributed by atoms with van der Waals surface area (Å²) in [6.07, 6.45) is -0.809. The maximum absolute atomic E-state index is 13.5. The van der Waals surface area contributed by atoms with E-state index in [2.05, 4.69) is 21.3 Å². The Morgan fingerprint density at radius 3 is 1.65 bits per heavy atom. The van der Waals surface area contributed by atoms with Gasteiger partial charge in [0.25, 0.3) is 0 Å². The number of amides is 5. The first-order valence-corrected chi connectivity index (χ1v) is 14.4. The van der Waals surface area contributed by atoms with Gasteiger partial charge >= 0.3 is 6.09 Å². The first-order chi connectivity index (χ1) is 18.3. The van der Waals surface area contributed by atoms with Crippen molar-refractivity contribution in [1.82, 2.24) is 21.3 Å². The normalized spacial score (nSPS) is 16.2. The lowest BCUT2D eigenvalue weighted by molar-refractivity contribution is -0.135. The van der Waals surface area contributed by atoms with E-state index in [0.717, 1.165) is 0 Å². The lowest BCUT2D eigenvalue weighted by atomic mass is 9.93. The fourth-order valence-electron chi connectivity index (χ4n) is 3.84. The van der Waals surface area contributed by atoms with Gasteiger partial charge in [0.15, 0.2) is 0 Å². The molecule has 11 nitrogen and oxygen atoms in total. The summed E-state index contributed by atoms with van der Waals surface area (Å²) in [5.74, 6) is -2.94. The summed E-state index contributed by atoms with van der Waals surface area (Å²) in [6, 6.07) is -2.68. The van der Waals surface area contributed by atoms with Crippen molar-refractivity contribution >= 4 is 29.7 Å². The number of alkyl carbamates (subject to hydrolysis) is 1. The topological polar surface area (TPSA) is 163 Å². The summed E-state index contributed by atoms with van der Waals surface area (Å²) < 4.78 is 5.33. The summed E-state index contributed by atoms with van der Waals surface area (Å²) >= 11 is 0. The van der Waals surface area contributed by atoms with Crippen molar-refractivity contribution in [2.75, 3.05) is 0 Å². The van der Waals surface area contributed by atoms with Crippen molar-refractivity contribution in [3.8, 4) is 0 Å². The first kappa shape index (κ1) is 37.3. The number of nitrogens with one attached hydrogen (secondary N) is 4. The molecule has 0 spiro atoms. The SMILES string of the molecule is CC[C@H](C)[C@H](NC(=O)OC(C)(C)C)C(=O)N[C@H](C(=O)N[C@@H](CC(C)C)[C@@H](O)CC(=O)NC(=O)C(C)C)[C@@H](C)CC. The molecule has 11 heteroatoms. The molecule has 0 aromatic rings. The highest BCUT2D eigenvalue weighted by Gasteiger charge is 2.35. The van der Waals surface area contributed by atoms with Gasteiger partial charge in [-0.15, -0.1) is 0 Å². The van der Waals surface area contributed by atoms with Crippen LogP contribution in [0.2, 0.25) is 0 Å². The molecule has 0 rings (SSSR count). The number of carbonyl (C=O) groups is 5. The molecular weight excluding hydrogens is 516 g/mol. The molecule has 0 heterocycles. The van der Waals surface area contributed by atoms with Crippen molar-refractivity contribution < 1.29 is 33.8 Å².